The fourth-order valence-electron chi connectivity index (χ4n) is 3.16. The zero-order valence-corrected chi connectivity index (χ0v) is 13.2. The Balaban J connectivity index is 1.46. The van der Waals surface area contributed by atoms with Crippen LogP contribution < -0.4 is 20.7 Å². The van der Waals surface area contributed by atoms with Crippen LogP contribution in [0.25, 0.3) is 0 Å². The zero-order chi connectivity index (χ0) is 16.1. The SMILES string of the molecule is O=C(NC[C@@H]1C[C@H](F)CN1)Nc1cccc(OC2CCCC2)c1. The lowest BCUT2D eigenvalue weighted by molar-refractivity contribution is 0.210. The van der Waals surface area contributed by atoms with Gasteiger partial charge in [0.2, 0.25) is 0 Å². The predicted octanol–water partition coefficient (Wildman–Crippen LogP) is 2.83. The van der Waals surface area contributed by atoms with E-state index in [1.165, 1.54) is 12.8 Å². The second-order valence-corrected chi connectivity index (χ2v) is 6.33. The molecular weight excluding hydrogens is 297 g/mol. The Morgan fingerprint density at radius 2 is 2.17 bits per heavy atom. The number of anilines is 1. The lowest BCUT2D eigenvalue weighted by Gasteiger charge is -2.15. The van der Waals surface area contributed by atoms with Crippen molar-refractivity contribution in [3.8, 4) is 5.75 Å². The first kappa shape index (κ1) is 16.1. The van der Waals surface area contributed by atoms with Gasteiger partial charge in [-0.3, -0.25) is 0 Å². The van der Waals surface area contributed by atoms with Gasteiger partial charge in [-0.15, -0.1) is 0 Å². The van der Waals surface area contributed by atoms with Gasteiger partial charge in [0, 0.05) is 30.9 Å². The number of carbonyl (C=O) groups is 1. The normalized spacial score (nSPS) is 24.6. The fourth-order valence-corrected chi connectivity index (χ4v) is 3.16. The molecule has 2 atom stereocenters. The van der Waals surface area contributed by atoms with Gasteiger partial charge in [0.05, 0.1) is 6.10 Å². The number of urea groups is 1. The van der Waals surface area contributed by atoms with Crippen LogP contribution in [0.4, 0.5) is 14.9 Å². The van der Waals surface area contributed by atoms with Crippen molar-refractivity contribution in [2.45, 2.75) is 50.4 Å². The smallest absolute Gasteiger partial charge is 0.319 e. The summed E-state index contributed by atoms with van der Waals surface area (Å²) >= 11 is 0. The predicted molar refractivity (Wildman–Crippen MR) is 87.7 cm³/mol. The van der Waals surface area contributed by atoms with E-state index < -0.39 is 6.17 Å². The summed E-state index contributed by atoms with van der Waals surface area (Å²) in [5.74, 6) is 0.785. The van der Waals surface area contributed by atoms with E-state index in [1.807, 2.05) is 24.3 Å². The largest absolute Gasteiger partial charge is 0.490 e. The molecule has 1 aromatic carbocycles. The highest BCUT2D eigenvalue weighted by Gasteiger charge is 2.23. The summed E-state index contributed by atoms with van der Waals surface area (Å²) < 4.78 is 19.0. The highest BCUT2D eigenvalue weighted by molar-refractivity contribution is 5.89. The van der Waals surface area contributed by atoms with E-state index in [1.54, 1.807) is 0 Å². The molecule has 1 aliphatic carbocycles. The standard InChI is InChI=1S/C17H24FN3O2/c18-12-8-14(19-10-12)11-20-17(22)21-13-4-3-7-16(9-13)23-15-5-1-2-6-15/h3-4,7,9,12,14-15,19H,1-2,5-6,8,10-11H2,(H2,20,21,22)/t12-,14-/m0/s1. The van der Waals surface area contributed by atoms with Gasteiger partial charge in [-0.2, -0.15) is 0 Å². The molecule has 2 aliphatic rings. The summed E-state index contributed by atoms with van der Waals surface area (Å²) in [5.41, 5.74) is 0.695. The minimum atomic E-state index is -0.811. The van der Waals surface area contributed by atoms with Crippen LogP contribution in [0.2, 0.25) is 0 Å². The minimum absolute atomic E-state index is 0.00721. The van der Waals surface area contributed by atoms with Gasteiger partial charge in [-0.1, -0.05) is 6.07 Å². The number of hydrogen-bond acceptors (Lipinski definition) is 3. The molecular formula is C17H24FN3O2. The summed E-state index contributed by atoms with van der Waals surface area (Å²) in [6.07, 6.45) is 4.57. The molecule has 1 aliphatic heterocycles. The average molecular weight is 321 g/mol. The summed E-state index contributed by atoms with van der Waals surface area (Å²) in [5, 5.41) is 8.59. The molecule has 0 bridgehead atoms. The van der Waals surface area contributed by atoms with Gasteiger partial charge in [-0.05, 0) is 44.2 Å². The maximum atomic E-state index is 13.1. The van der Waals surface area contributed by atoms with Gasteiger partial charge < -0.3 is 20.7 Å². The molecule has 3 rings (SSSR count). The first-order valence-corrected chi connectivity index (χ1v) is 8.38. The summed E-state index contributed by atoms with van der Waals surface area (Å²) in [6.45, 7) is 0.791. The zero-order valence-electron chi connectivity index (χ0n) is 13.2. The highest BCUT2D eigenvalue weighted by Crippen LogP contribution is 2.25. The second kappa shape index (κ2) is 7.64. The number of alkyl halides is 1. The maximum Gasteiger partial charge on any atom is 0.319 e. The van der Waals surface area contributed by atoms with Crippen molar-refractivity contribution in [2.24, 2.45) is 0 Å². The third kappa shape index (κ3) is 4.82. The molecule has 1 heterocycles. The van der Waals surface area contributed by atoms with Crippen molar-refractivity contribution >= 4 is 11.7 Å². The van der Waals surface area contributed by atoms with Crippen LogP contribution in [-0.2, 0) is 0 Å². The Hall–Kier alpha value is -1.82. The van der Waals surface area contributed by atoms with Crippen molar-refractivity contribution in [1.29, 1.82) is 0 Å². The Morgan fingerprint density at radius 3 is 2.91 bits per heavy atom. The number of ether oxygens (including phenoxy) is 1. The van der Waals surface area contributed by atoms with E-state index >= 15 is 0 Å². The molecule has 0 unspecified atom stereocenters. The molecule has 6 heteroatoms. The third-order valence-electron chi connectivity index (χ3n) is 4.37. The van der Waals surface area contributed by atoms with Gasteiger partial charge in [0.25, 0.3) is 0 Å². The molecule has 1 aromatic rings. The van der Waals surface area contributed by atoms with E-state index in [-0.39, 0.29) is 12.1 Å². The van der Waals surface area contributed by atoms with Crippen LogP contribution in [0.1, 0.15) is 32.1 Å². The summed E-state index contributed by atoms with van der Waals surface area (Å²) in [6, 6.07) is 7.16. The number of rotatable bonds is 5. The molecule has 1 saturated heterocycles. The fraction of sp³-hybridized carbons (Fsp3) is 0.588. The van der Waals surface area contributed by atoms with E-state index in [9.17, 15) is 9.18 Å². The summed E-state index contributed by atoms with van der Waals surface area (Å²) in [7, 11) is 0. The van der Waals surface area contributed by atoms with Gasteiger partial charge in [-0.25, -0.2) is 9.18 Å². The highest BCUT2D eigenvalue weighted by atomic mass is 19.1. The van der Waals surface area contributed by atoms with Crippen LogP contribution in [0.3, 0.4) is 0 Å². The summed E-state index contributed by atoms with van der Waals surface area (Å²) in [4.78, 5) is 11.9. The molecule has 3 N–H and O–H groups in total. The molecule has 2 fully saturated rings. The lowest BCUT2D eigenvalue weighted by Crippen LogP contribution is -2.39. The first-order valence-electron chi connectivity index (χ1n) is 8.38. The van der Waals surface area contributed by atoms with Crippen LogP contribution in [0, 0.1) is 0 Å². The maximum absolute atomic E-state index is 13.1. The molecule has 1 saturated carbocycles. The second-order valence-electron chi connectivity index (χ2n) is 6.33. The van der Waals surface area contributed by atoms with Gasteiger partial charge in [0.15, 0.2) is 0 Å². The van der Waals surface area contributed by atoms with Crippen LogP contribution in [-0.4, -0.2) is 37.4 Å². The number of carbonyl (C=O) groups excluding carboxylic acids is 1. The number of halogens is 1. The molecule has 126 valence electrons. The van der Waals surface area contributed by atoms with Crippen molar-refractivity contribution in [2.75, 3.05) is 18.4 Å². The van der Waals surface area contributed by atoms with Crippen LogP contribution in [0.5, 0.6) is 5.75 Å². The first-order chi connectivity index (χ1) is 11.2. The van der Waals surface area contributed by atoms with E-state index in [4.69, 9.17) is 4.74 Å². The van der Waals surface area contributed by atoms with E-state index in [0.29, 0.717) is 31.3 Å². The third-order valence-corrected chi connectivity index (χ3v) is 4.37. The van der Waals surface area contributed by atoms with Crippen molar-refractivity contribution in [3.05, 3.63) is 24.3 Å². The molecule has 5 nitrogen and oxygen atoms in total. The van der Waals surface area contributed by atoms with E-state index in [0.717, 1.165) is 18.6 Å². The number of benzene rings is 1. The van der Waals surface area contributed by atoms with Crippen molar-refractivity contribution in [3.63, 3.8) is 0 Å². The van der Waals surface area contributed by atoms with Crippen LogP contribution in [0.15, 0.2) is 24.3 Å². The Morgan fingerprint density at radius 1 is 1.35 bits per heavy atom. The molecule has 23 heavy (non-hydrogen) atoms. The Bertz CT molecular complexity index is 534. The quantitative estimate of drug-likeness (QED) is 0.781. The molecule has 0 spiro atoms. The minimum Gasteiger partial charge on any atom is -0.490 e. The lowest BCUT2D eigenvalue weighted by atomic mass is 10.2. The van der Waals surface area contributed by atoms with Crippen molar-refractivity contribution in [1.82, 2.24) is 10.6 Å². The molecule has 0 radical (unpaired) electrons. The molecule has 0 aromatic heterocycles. The van der Waals surface area contributed by atoms with Gasteiger partial charge >= 0.3 is 6.03 Å². The number of hydrogen-bond donors (Lipinski definition) is 3. The van der Waals surface area contributed by atoms with E-state index in [2.05, 4.69) is 16.0 Å². The topological polar surface area (TPSA) is 62.4 Å². The van der Waals surface area contributed by atoms with Crippen molar-refractivity contribution < 1.29 is 13.9 Å². The number of nitrogens with one attached hydrogen (secondary N) is 3. The molecule has 2 amide bonds. The van der Waals surface area contributed by atoms with Crippen LogP contribution >= 0.6 is 0 Å². The number of amides is 2. The average Bonchev–Trinajstić information content (AvgIpc) is 3.17. The van der Waals surface area contributed by atoms with Gasteiger partial charge in [0.1, 0.15) is 11.9 Å². The Kier molecular flexibility index (Phi) is 5.33. The monoisotopic (exact) mass is 321 g/mol. The Labute approximate surface area is 136 Å².